The maximum absolute atomic E-state index is 11.9. The second-order valence-corrected chi connectivity index (χ2v) is 5.37. The van der Waals surface area contributed by atoms with Crippen LogP contribution >= 0.6 is 0 Å². The van der Waals surface area contributed by atoms with Gasteiger partial charge in [-0.1, -0.05) is 13.8 Å². The lowest BCUT2D eigenvalue weighted by Gasteiger charge is -2.20. The number of carbonyl (C=O) groups excluding carboxylic acids is 1. The highest BCUT2D eigenvalue weighted by Gasteiger charge is 2.14. The van der Waals surface area contributed by atoms with Gasteiger partial charge in [0.05, 0.1) is 6.61 Å². The summed E-state index contributed by atoms with van der Waals surface area (Å²) in [5.74, 6) is 0.823. The summed E-state index contributed by atoms with van der Waals surface area (Å²) in [6.07, 6.45) is 0.961. The number of ether oxygens (including phenoxy) is 1. The first-order valence-corrected chi connectivity index (χ1v) is 7.39. The molecule has 21 heavy (non-hydrogen) atoms. The first-order chi connectivity index (χ1) is 9.97. The van der Waals surface area contributed by atoms with Crippen molar-refractivity contribution in [3.63, 3.8) is 0 Å². The van der Waals surface area contributed by atoms with Gasteiger partial charge >= 0.3 is 6.03 Å². The van der Waals surface area contributed by atoms with Crippen LogP contribution in [0.3, 0.4) is 0 Å². The lowest BCUT2D eigenvalue weighted by Crippen LogP contribution is -2.40. The van der Waals surface area contributed by atoms with Gasteiger partial charge in [-0.2, -0.15) is 0 Å². The van der Waals surface area contributed by atoms with Crippen molar-refractivity contribution in [2.75, 3.05) is 18.5 Å². The Labute approximate surface area is 126 Å². The van der Waals surface area contributed by atoms with Gasteiger partial charge in [0, 0.05) is 18.3 Å². The zero-order chi connectivity index (χ0) is 15.8. The van der Waals surface area contributed by atoms with Gasteiger partial charge < -0.3 is 20.5 Å². The molecule has 0 aliphatic carbocycles. The highest BCUT2D eigenvalue weighted by atomic mass is 16.5. The summed E-state index contributed by atoms with van der Waals surface area (Å²) in [7, 11) is 0. The third kappa shape index (κ3) is 5.63. The van der Waals surface area contributed by atoms with Gasteiger partial charge in [-0.05, 0) is 49.9 Å². The van der Waals surface area contributed by atoms with Crippen LogP contribution in [0.4, 0.5) is 10.5 Å². The van der Waals surface area contributed by atoms with Crippen LogP contribution in [0.15, 0.2) is 18.2 Å². The molecule has 2 atom stereocenters. The second kappa shape index (κ2) is 8.52. The van der Waals surface area contributed by atoms with E-state index in [0.717, 1.165) is 23.4 Å². The molecule has 0 radical (unpaired) electrons. The van der Waals surface area contributed by atoms with E-state index in [0.29, 0.717) is 6.61 Å². The van der Waals surface area contributed by atoms with Gasteiger partial charge in [-0.15, -0.1) is 0 Å². The van der Waals surface area contributed by atoms with Crippen LogP contribution < -0.4 is 15.4 Å². The van der Waals surface area contributed by atoms with Crippen molar-refractivity contribution in [3.05, 3.63) is 23.8 Å². The number of urea groups is 1. The quantitative estimate of drug-likeness (QED) is 0.724. The molecule has 0 aliphatic rings. The van der Waals surface area contributed by atoms with Crippen LogP contribution in [0.2, 0.25) is 0 Å². The number of carbonyl (C=O) groups is 1. The molecular weight excluding hydrogens is 268 g/mol. The molecule has 2 amide bonds. The first-order valence-electron chi connectivity index (χ1n) is 7.39. The fourth-order valence-corrected chi connectivity index (χ4v) is 1.75. The van der Waals surface area contributed by atoms with Crippen molar-refractivity contribution in [2.45, 2.75) is 40.2 Å². The minimum Gasteiger partial charge on any atom is -0.494 e. The molecule has 0 saturated heterocycles. The number of nitrogens with one attached hydrogen (secondary N) is 2. The van der Waals surface area contributed by atoms with Gasteiger partial charge in [-0.3, -0.25) is 0 Å². The molecule has 3 N–H and O–H groups in total. The number of benzene rings is 1. The fraction of sp³-hybridized carbons (Fsp3) is 0.562. The number of rotatable bonds is 7. The molecular formula is C16H26N2O3. The van der Waals surface area contributed by atoms with Gasteiger partial charge in [0.15, 0.2) is 0 Å². The Kier molecular flexibility index (Phi) is 7.02. The van der Waals surface area contributed by atoms with E-state index in [1.807, 2.05) is 39.0 Å². The molecule has 1 aromatic rings. The average Bonchev–Trinajstić information content (AvgIpc) is 2.46. The molecule has 0 bridgehead atoms. The topological polar surface area (TPSA) is 70.6 Å². The molecule has 0 spiro atoms. The normalized spacial score (nSPS) is 13.4. The van der Waals surface area contributed by atoms with E-state index in [4.69, 9.17) is 9.84 Å². The molecule has 0 fully saturated rings. The van der Waals surface area contributed by atoms with Crippen LogP contribution in [-0.2, 0) is 0 Å². The van der Waals surface area contributed by atoms with E-state index in [-0.39, 0.29) is 24.6 Å². The molecule has 2 unspecified atom stereocenters. The first kappa shape index (κ1) is 17.3. The van der Waals surface area contributed by atoms with Crippen LogP contribution in [-0.4, -0.2) is 30.4 Å². The predicted octanol–water partition coefficient (Wildman–Crippen LogP) is 2.92. The van der Waals surface area contributed by atoms with E-state index >= 15 is 0 Å². The largest absolute Gasteiger partial charge is 0.494 e. The van der Waals surface area contributed by atoms with E-state index in [1.165, 1.54) is 0 Å². The molecule has 5 heteroatoms. The van der Waals surface area contributed by atoms with Gasteiger partial charge in [0.1, 0.15) is 5.75 Å². The minimum atomic E-state index is -0.270. The summed E-state index contributed by atoms with van der Waals surface area (Å²) in [4.78, 5) is 11.9. The summed E-state index contributed by atoms with van der Waals surface area (Å²) in [5.41, 5.74) is 1.70. The Balaban J connectivity index is 2.60. The molecule has 1 aromatic carbocycles. The fourth-order valence-electron chi connectivity index (χ4n) is 1.75. The number of hydrogen-bond donors (Lipinski definition) is 3. The standard InChI is InChI=1S/C16H26N2O3/c1-5-8-21-14-6-7-15(11(2)9-14)18-16(20)17-13(4)12(3)10-19/h6-7,9,12-13,19H,5,8,10H2,1-4H3,(H2,17,18,20). The molecule has 1 rings (SSSR count). The Morgan fingerprint density at radius 2 is 2.10 bits per heavy atom. The Morgan fingerprint density at radius 3 is 2.67 bits per heavy atom. The van der Waals surface area contributed by atoms with Crippen LogP contribution in [0.25, 0.3) is 0 Å². The van der Waals surface area contributed by atoms with E-state index in [9.17, 15) is 4.79 Å². The average molecular weight is 294 g/mol. The van der Waals surface area contributed by atoms with Gasteiger partial charge in [0.25, 0.3) is 0 Å². The lowest BCUT2D eigenvalue weighted by atomic mass is 10.1. The van der Waals surface area contributed by atoms with Crippen LogP contribution in [0, 0.1) is 12.8 Å². The van der Waals surface area contributed by atoms with Crippen molar-refractivity contribution in [1.82, 2.24) is 5.32 Å². The number of amides is 2. The summed E-state index contributed by atoms with van der Waals surface area (Å²) < 4.78 is 5.55. The lowest BCUT2D eigenvalue weighted by molar-refractivity contribution is 0.204. The highest BCUT2D eigenvalue weighted by molar-refractivity contribution is 5.90. The summed E-state index contributed by atoms with van der Waals surface area (Å²) >= 11 is 0. The molecule has 0 heterocycles. The zero-order valence-corrected chi connectivity index (χ0v) is 13.3. The number of aliphatic hydroxyl groups excluding tert-OH is 1. The third-order valence-corrected chi connectivity index (χ3v) is 3.42. The molecule has 5 nitrogen and oxygen atoms in total. The van der Waals surface area contributed by atoms with Crippen molar-refractivity contribution >= 4 is 11.7 Å². The maximum atomic E-state index is 11.9. The second-order valence-electron chi connectivity index (χ2n) is 5.37. The predicted molar refractivity (Wildman–Crippen MR) is 84.8 cm³/mol. The van der Waals surface area contributed by atoms with Crippen LogP contribution in [0.5, 0.6) is 5.75 Å². The zero-order valence-electron chi connectivity index (χ0n) is 13.3. The SMILES string of the molecule is CCCOc1ccc(NC(=O)NC(C)C(C)CO)c(C)c1. The molecule has 0 aliphatic heterocycles. The van der Waals surface area contributed by atoms with Gasteiger partial charge in [0.2, 0.25) is 0 Å². The van der Waals surface area contributed by atoms with E-state index in [1.54, 1.807) is 0 Å². The minimum absolute atomic E-state index is 0.0154. The van der Waals surface area contributed by atoms with E-state index < -0.39 is 0 Å². The smallest absolute Gasteiger partial charge is 0.319 e. The van der Waals surface area contributed by atoms with Crippen molar-refractivity contribution in [3.8, 4) is 5.75 Å². The maximum Gasteiger partial charge on any atom is 0.319 e. The van der Waals surface area contributed by atoms with Crippen LogP contribution in [0.1, 0.15) is 32.8 Å². The summed E-state index contributed by atoms with van der Waals surface area (Å²) in [6, 6.07) is 5.22. The van der Waals surface area contributed by atoms with Crippen molar-refractivity contribution in [1.29, 1.82) is 0 Å². The summed E-state index contributed by atoms with van der Waals surface area (Å²) in [6.45, 7) is 8.47. The Morgan fingerprint density at radius 1 is 1.38 bits per heavy atom. The summed E-state index contributed by atoms with van der Waals surface area (Å²) in [5, 5.41) is 14.7. The van der Waals surface area contributed by atoms with Crippen molar-refractivity contribution < 1.29 is 14.6 Å². The third-order valence-electron chi connectivity index (χ3n) is 3.42. The Hall–Kier alpha value is -1.75. The molecule has 0 aromatic heterocycles. The highest BCUT2D eigenvalue weighted by Crippen LogP contribution is 2.21. The number of anilines is 1. The monoisotopic (exact) mass is 294 g/mol. The number of hydrogen-bond acceptors (Lipinski definition) is 3. The molecule has 118 valence electrons. The molecule has 0 saturated carbocycles. The van der Waals surface area contributed by atoms with Gasteiger partial charge in [-0.25, -0.2) is 4.79 Å². The number of aryl methyl sites for hydroxylation is 1. The Bertz CT molecular complexity index is 463. The number of aliphatic hydroxyl groups is 1. The van der Waals surface area contributed by atoms with E-state index in [2.05, 4.69) is 17.6 Å². The van der Waals surface area contributed by atoms with Crippen molar-refractivity contribution in [2.24, 2.45) is 5.92 Å².